The zero-order valence-corrected chi connectivity index (χ0v) is 43.9. The average molecular weight is 1020 g/mol. The third kappa shape index (κ3) is 10.1. The molecule has 1 fully saturated rings. The molecule has 5 aromatic rings. The van der Waals surface area contributed by atoms with E-state index in [-0.39, 0.29) is 58.4 Å². The van der Waals surface area contributed by atoms with Gasteiger partial charge in [-0.1, -0.05) is 153 Å². The molecule has 3 nitrogen and oxygen atoms in total. The first-order valence-corrected chi connectivity index (χ1v) is 24.0. The number of hydrogen-bond acceptors (Lipinski definition) is 3. The molecule has 0 aliphatic heterocycles. The molecule has 3 aromatic carbocycles. The number of nitrogens with zero attached hydrogens (tertiary/aromatic N) is 2. The normalized spacial score (nSPS) is 16.8. The summed E-state index contributed by atoms with van der Waals surface area (Å²) in [6.07, 6.45) is 13.7. The van der Waals surface area contributed by atoms with Gasteiger partial charge in [-0.05, 0) is 112 Å². The summed E-state index contributed by atoms with van der Waals surface area (Å²) in [6.45, 7) is 36.8. The topological polar surface area (TPSA) is 44.1 Å². The van der Waals surface area contributed by atoms with Gasteiger partial charge in [0.05, 0.1) is 0 Å². The third-order valence-corrected chi connectivity index (χ3v) is 15.8. The van der Waals surface area contributed by atoms with Crippen LogP contribution in [-0.4, -0.2) is 16.8 Å². The fourth-order valence-electron chi connectivity index (χ4n) is 9.34. The molecule has 7 rings (SSSR count). The van der Waals surface area contributed by atoms with E-state index in [1.165, 1.54) is 62.4 Å². The summed E-state index contributed by atoms with van der Waals surface area (Å²) in [6, 6.07) is 20.1. The predicted octanol–water partition coefficient (Wildman–Crippen LogP) is 16.9. The number of aromatic nitrogens is 1. The Morgan fingerprint density at radius 2 is 1.38 bits per heavy atom. The minimum Gasteiger partial charge on any atom is -0.685 e. The first-order chi connectivity index (χ1) is 27.9. The Kier molecular flexibility index (Phi) is 14.5. The number of carbonyl (C=O) groups is 1. The molecule has 333 valence electrons. The summed E-state index contributed by atoms with van der Waals surface area (Å²) in [5, 5.41) is 10.1. The largest absolute Gasteiger partial charge is 0.685 e. The monoisotopic (exact) mass is 1020 g/mol. The van der Waals surface area contributed by atoms with Crippen LogP contribution < -0.4 is 0 Å². The third-order valence-electron chi connectivity index (χ3n) is 14.5. The van der Waals surface area contributed by atoms with E-state index in [9.17, 15) is 4.79 Å². The van der Waals surface area contributed by atoms with E-state index in [1.54, 1.807) is 11.1 Å². The van der Waals surface area contributed by atoms with Gasteiger partial charge in [0.1, 0.15) is 0 Å². The molecule has 2 aliphatic carbocycles. The number of ketones is 1. The van der Waals surface area contributed by atoms with Crippen molar-refractivity contribution in [2.45, 2.75) is 191 Å². The number of allylic oxidation sites excluding steroid dienone is 2. The number of carbonyl (C=O) groups excluding carboxylic acids is 1. The second kappa shape index (κ2) is 18.0. The number of pyridine rings is 1. The number of fused-ring (bicyclic) bond motifs is 6. The standard InChI is InChI=1S/C38H44NS.C18H33NO.Ir/c1-35(2,3)22-25-20-28-27-15-18-39-32(24-19-23-13-11-12-14-26(23)29(21-24)36(4,5)6)34(27)40-33(28)31-30(25)37(7,8)16-17-38(31,9)10;1-7-17(5,8-2)15(19-14-11-12-14)13-16(20)18(6,9-3)10-4;/h11-15,18,20-21H,16-17,22H2,1-10H3;13-14H,7-12H2,1-6H3,(H,19,20);/q-1;;/p-1. The number of thiophene rings is 1. The summed E-state index contributed by atoms with van der Waals surface area (Å²) in [4.78, 5) is 17.7. The molecule has 0 unspecified atom stereocenters. The molecule has 1 saturated carbocycles. The zero-order valence-electron chi connectivity index (χ0n) is 40.7. The molecule has 2 heterocycles. The Bertz CT molecular complexity index is 2400. The van der Waals surface area contributed by atoms with Crippen LogP contribution in [-0.2, 0) is 47.6 Å². The van der Waals surface area contributed by atoms with Crippen LogP contribution in [0.5, 0.6) is 0 Å². The van der Waals surface area contributed by atoms with Crippen LogP contribution in [0.15, 0.2) is 60.4 Å². The molecule has 0 atom stereocenters. The van der Waals surface area contributed by atoms with Gasteiger partial charge < -0.3 is 5.32 Å². The molecule has 61 heavy (non-hydrogen) atoms. The van der Waals surface area contributed by atoms with Crippen LogP contribution >= 0.6 is 11.3 Å². The van der Waals surface area contributed by atoms with Crippen molar-refractivity contribution in [3.63, 3.8) is 0 Å². The molecule has 2 aliphatic rings. The molecule has 0 spiro atoms. The fourth-order valence-corrected chi connectivity index (χ4v) is 10.9. The van der Waals surface area contributed by atoms with Crippen LogP contribution in [0.1, 0.15) is 184 Å². The Labute approximate surface area is 388 Å². The molecule has 2 aromatic heterocycles. The SMILES string of the molecule is CC(C)(C)Cc1cc2c(sc3c(-c4[c-]c5ccccc5c(C(C)(C)C)c4)nccc32)c2c1C(C)(C)CCC2(C)C.CCC(C)(CC)C(=O)/C=C(\[N-]C1CC1)C(C)(CC)CC.[Ir]. The van der Waals surface area contributed by atoms with E-state index >= 15 is 0 Å². The van der Waals surface area contributed by atoms with Crippen LogP contribution in [0.25, 0.3) is 47.5 Å². The van der Waals surface area contributed by atoms with Crippen molar-refractivity contribution in [2.75, 3.05) is 0 Å². The minimum atomic E-state index is -0.229. The van der Waals surface area contributed by atoms with Crippen molar-refractivity contribution in [3.05, 3.63) is 94.1 Å². The number of rotatable bonds is 11. The maximum absolute atomic E-state index is 12.7. The number of hydrogen-bond donors (Lipinski definition) is 0. The molecule has 0 saturated heterocycles. The van der Waals surface area contributed by atoms with Crippen LogP contribution in [0.4, 0.5) is 0 Å². The molecule has 0 N–H and O–H groups in total. The second-order valence-corrected chi connectivity index (χ2v) is 23.5. The van der Waals surface area contributed by atoms with Crippen LogP contribution in [0.2, 0.25) is 0 Å². The molecule has 1 radical (unpaired) electrons. The second-order valence-electron chi connectivity index (χ2n) is 22.5. The maximum atomic E-state index is 12.7. The quantitative estimate of drug-likeness (QED) is 0.0977. The van der Waals surface area contributed by atoms with Crippen molar-refractivity contribution in [1.82, 2.24) is 4.98 Å². The first-order valence-electron chi connectivity index (χ1n) is 23.2. The smallest absolute Gasteiger partial charge is 0.160 e. The minimum absolute atomic E-state index is 0. The van der Waals surface area contributed by atoms with E-state index in [0.29, 0.717) is 6.04 Å². The molecular weight excluding hydrogens is 941 g/mol. The fraction of sp³-hybridized carbons (Fsp3) is 0.571. The van der Waals surface area contributed by atoms with Crippen molar-refractivity contribution in [3.8, 4) is 11.3 Å². The summed E-state index contributed by atoms with van der Waals surface area (Å²) in [5.41, 5.74) is 9.67. The van der Waals surface area contributed by atoms with E-state index < -0.39 is 0 Å². The van der Waals surface area contributed by atoms with Gasteiger partial charge in [0.2, 0.25) is 0 Å². The Morgan fingerprint density at radius 1 is 0.787 bits per heavy atom. The van der Waals surface area contributed by atoms with Crippen molar-refractivity contribution in [2.24, 2.45) is 16.2 Å². The van der Waals surface area contributed by atoms with Crippen LogP contribution in [0.3, 0.4) is 0 Å². The van der Waals surface area contributed by atoms with E-state index in [2.05, 4.69) is 159 Å². The van der Waals surface area contributed by atoms with Crippen molar-refractivity contribution >= 4 is 48.1 Å². The van der Waals surface area contributed by atoms with Gasteiger partial charge >= 0.3 is 0 Å². The Balaban J connectivity index is 0.000000285. The van der Waals surface area contributed by atoms with Crippen molar-refractivity contribution in [1.29, 1.82) is 0 Å². The van der Waals surface area contributed by atoms with E-state index in [1.807, 2.05) is 23.6 Å². The van der Waals surface area contributed by atoms with Gasteiger partial charge in [-0.15, -0.1) is 46.5 Å². The average Bonchev–Trinajstić information content (AvgIpc) is 3.94. The Morgan fingerprint density at radius 3 is 1.93 bits per heavy atom. The molecule has 0 bridgehead atoms. The maximum Gasteiger partial charge on any atom is 0.160 e. The summed E-state index contributed by atoms with van der Waals surface area (Å²) in [5.74, 6) is 0.259. The van der Waals surface area contributed by atoms with Gasteiger partial charge in [0.25, 0.3) is 0 Å². The Hall–Kier alpha value is -2.85. The van der Waals surface area contributed by atoms with Gasteiger partial charge in [-0.2, -0.15) is 5.70 Å². The van der Waals surface area contributed by atoms with E-state index in [4.69, 9.17) is 10.3 Å². The summed E-state index contributed by atoms with van der Waals surface area (Å²) < 4.78 is 2.75. The van der Waals surface area contributed by atoms with Gasteiger partial charge in [0.15, 0.2) is 5.78 Å². The van der Waals surface area contributed by atoms with Gasteiger partial charge in [0, 0.05) is 52.2 Å². The molecular formula is C56H76IrN2OS-2. The first kappa shape index (κ1) is 49.2. The number of benzene rings is 3. The molecule has 0 amide bonds. The van der Waals surface area contributed by atoms with Crippen molar-refractivity contribution < 1.29 is 24.9 Å². The van der Waals surface area contributed by atoms with Gasteiger partial charge in [-0.3, -0.25) is 9.78 Å². The van der Waals surface area contributed by atoms with E-state index in [0.717, 1.165) is 54.4 Å². The van der Waals surface area contributed by atoms with Gasteiger partial charge in [-0.25, -0.2) is 0 Å². The summed E-state index contributed by atoms with van der Waals surface area (Å²) >= 11 is 1.96. The zero-order chi connectivity index (χ0) is 44.2. The molecule has 5 heteroatoms. The van der Waals surface area contributed by atoms with Crippen LogP contribution in [0, 0.1) is 22.3 Å². The summed E-state index contributed by atoms with van der Waals surface area (Å²) in [7, 11) is 0. The predicted molar refractivity (Wildman–Crippen MR) is 263 cm³/mol.